The third kappa shape index (κ3) is 3.54. The van der Waals surface area contributed by atoms with Gasteiger partial charge in [-0.05, 0) is 37.1 Å². The minimum atomic E-state index is 0.0839. The summed E-state index contributed by atoms with van der Waals surface area (Å²) in [5.41, 5.74) is 6.62. The van der Waals surface area contributed by atoms with E-state index in [1.54, 1.807) is 19.1 Å². The summed E-state index contributed by atoms with van der Waals surface area (Å²) in [6.45, 7) is 4.40. The van der Waals surface area contributed by atoms with E-state index in [-0.39, 0.29) is 11.7 Å². The maximum absolute atomic E-state index is 12.2. The molecule has 0 radical (unpaired) electrons. The van der Waals surface area contributed by atoms with Crippen molar-refractivity contribution in [3.05, 3.63) is 60.0 Å². The van der Waals surface area contributed by atoms with Gasteiger partial charge in [0, 0.05) is 74.4 Å². The van der Waals surface area contributed by atoms with Gasteiger partial charge in [0.15, 0.2) is 0 Å². The van der Waals surface area contributed by atoms with Crippen LogP contribution in [0.5, 0.6) is 5.75 Å². The average Bonchev–Trinajstić information content (AvgIpc) is 3.46. The lowest BCUT2D eigenvalue weighted by Crippen LogP contribution is -2.35. The Morgan fingerprint density at radius 1 is 1.18 bits per heavy atom. The Morgan fingerprint density at radius 3 is 2.82 bits per heavy atom. The maximum atomic E-state index is 12.2. The first kappa shape index (κ1) is 20.9. The van der Waals surface area contributed by atoms with E-state index in [0.717, 1.165) is 66.2 Å². The first-order valence-electron chi connectivity index (χ1n) is 11.8. The molecule has 2 aliphatic rings. The summed E-state index contributed by atoms with van der Waals surface area (Å²) < 4.78 is 9.79. The second-order valence-electron chi connectivity index (χ2n) is 9.08. The third-order valence-corrected chi connectivity index (χ3v) is 6.95. The average molecular weight is 458 g/mol. The monoisotopic (exact) mass is 457 g/mol. The molecule has 34 heavy (non-hydrogen) atoms. The molecule has 1 N–H and O–H groups in total. The smallest absolute Gasteiger partial charge is 0.219 e. The number of benzene rings is 1. The van der Waals surface area contributed by atoms with E-state index >= 15 is 0 Å². The molecule has 8 heteroatoms. The van der Waals surface area contributed by atoms with Gasteiger partial charge in [-0.25, -0.2) is 4.98 Å². The molecule has 8 nitrogen and oxygen atoms in total. The standard InChI is InChI=1S/C26H27N5O3/c1-17(32)29-11-7-24-22(15-29)25(28-31(24)19-8-12-34-13-9-19)21-6-3-10-30-16-23(27-26(21)30)18-4-2-5-20(33)14-18/h2-6,10,14,16,19,33H,7-9,11-13,15H2,1H3. The highest BCUT2D eigenvalue weighted by atomic mass is 16.5. The van der Waals surface area contributed by atoms with Gasteiger partial charge in [-0.3, -0.25) is 9.48 Å². The van der Waals surface area contributed by atoms with Gasteiger partial charge >= 0.3 is 0 Å². The van der Waals surface area contributed by atoms with Crippen LogP contribution in [0.25, 0.3) is 28.2 Å². The Bertz CT molecular complexity index is 1380. The number of carbonyl (C=O) groups excluding carboxylic acids is 1. The predicted octanol–water partition coefficient (Wildman–Crippen LogP) is 3.83. The van der Waals surface area contributed by atoms with Crippen LogP contribution in [-0.2, 0) is 22.5 Å². The number of nitrogens with zero attached hydrogens (tertiary/aromatic N) is 5. The number of phenols is 1. The van der Waals surface area contributed by atoms with Gasteiger partial charge < -0.3 is 19.1 Å². The zero-order valence-corrected chi connectivity index (χ0v) is 19.1. The second kappa shape index (κ2) is 8.29. The molecule has 1 saturated heterocycles. The number of hydrogen-bond acceptors (Lipinski definition) is 5. The van der Waals surface area contributed by atoms with Crippen LogP contribution in [0.1, 0.15) is 37.1 Å². The van der Waals surface area contributed by atoms with Crippen molar-refractivity contribution in [3.63, 3.8) is 0 Å². The summed E-state index contributed by atoms with van der Waals surface area (Å²) >= 11 is 0. The molecule has 5 heterocycles. The van der Waals surface area contributed by atoms with Crippen LogP contribution in [0, 0.1) is 0 Å². The summed E-state index contributed by atoms with van der Waals surface area (Å²) in [6.07, 6.45) is 6.63. The molecule has 1 amide bonds. The molecule has 4 aromatic rings. The van der Waals surface area contributed by atoms with Crippen LogP contribution in [0.2, 0.25) is 0 Å². The molecule has 0 bridgehead atoms. The number of rotatable bonds is 3. The molecule has 2 aliphatic heterocycles. The van der Waals surface area contributed by atoms with Crippen molar-refractivity contribution in [2.75, 3.05) is 19.8 Å². The lowest BCUT2D eigenvalue weighted by atomic mass is 10.0. The Morgan fingerprint density at radius 2 is 2.03 bits per heavy atom. The van der Waals surface area contributed by atoms with Crippen molar-refractivity contribution in [1.29, 1.82) is 0 Å². The van der Waals surface area contributed by atoms with Gasteiger partial charge in [0.25, 0.3) is 0 Å². The topological polar surface area (TPSA) is 84.9 Å². The number of phenolic OH excluding ortho intramolecular Hbond substituents is 1. The summed E-state index contributed by atoms with van der Waals surface area (Å²) in [5, 5.41) is 15.1. The largest absolute Gasteiger partial charge is 0.508 e. The van der Waals surface area contributed by atoms with Gasteiger partial charge in [-0.1, -0.05) is 12.1 Å². The number of carbonyl (C=O) groups is 1. The Kier molecular flexibility index (Phi) is 5.10. The fourth-order valence-corrected chi connectivity index (χ4v) is 5.16. The van der Waals surface area contributed by atoms with Gasteiger partial charge in [-0.15, -0.1) is 0 Å². The number of imidazole rings is 1. The summed E-state index contributed by atoms with van der Waals surface area (Å²) in [6, 6.07) is 11.5. The molecule has 0 spiro atoms. The molecule has 174 valence electrons. The van der Waals surface area contributed by atoms with Crippen molar-refractivity contribution in [2.24, 2.45) is 0 Å². The number of ether oxygens (including phenoxy) is 1. The number of aromatic hydroxyl groups is 1. The number of aromatic nitrogens is 4. The van der Waals surface area contributed by atoms with Gasteiger partial charge in [-0.2, -0.15) is 5.10 Å². The highest BCUT2D eigenvalue weighted by molar-refractivity contribution is 5.81. The molecular formula is C26H27N5O3. The van der Waals surface area contributed by atoms with Crippen molar-refractivity contribution in [3.8, 4) is 28.3 Å². The summed E-state index contributed by atoms with van der Waals surface area (Å²) in [5.74, 6) is 0.295. The van der Waals surface area contributed by atoms with Gasteiger partial charge in [0.05, 0.1) is 11.7 Å². The lowest BCUT2D eigenvalue weighted by molar-refractivity contribution is -0.129. The molecule has 1 fully saturated rings. The van der Waals surface area contributed by atoms with Crippen LogP contribution in [0.3, 0.4) is 0 Å². The Labute approximate surface area is 197 Å². The fourth-order valence-electron chi connectivity index (χ4n) is 5.16. The Hall–Kier alpha value is -3.65. The normalized spacial score (nSPS) is 16.7. The van der Waals surface area contributed by atoms with Crippen molar-refractivity contribution in [1.82, 2.24) is 24.1 Å². The van der Waals surface area contributed by atoms with Gasteiger partial charge in [0.2, 0.25) is 5.91 Å². The minimum Gasteiger partial charge on any atom is -0.508 e. The molecule has 0 unspecified atom stereocenters. The molecule has 0 atom stereocenters. The van der Waals surface area contributed by atoms with E-state index < -0.39 is 0 Å². The van der Waals surface area contributed by atoms with Crippen LogP contribution in [0.15, 0.2) is 48.8 Å². The predicted molar refractivity (Wildman–Crippen MR) is 127 cm³/mol. The number of fused-ring (bicyclic) bond motifs is 2. The highest BCUT2D eigenvalue weighted by Crippen LogP contribution is 2.36. The van der Waals surface area contributed by atoms with E-state index in [9.17, 15) is 9.90 Å². The highest BCUT2D eigenvalue weighted by Gasteiger charge is 2.31. The molecular weight excluding hydrogens is 430 g/mol. The SMILES string of the molecule is CC(=O)N1CCc2c(c(-c3cccn4cc(-c5cccc(O)c5)nc34)nn2C2CCOCC2)C1. The Balaban J connectivity index is 1.50. The third-order valence-electron chi connectivity index (χ3n) is 6.95. The zero-order chi connectivity index (χ0) is 23.2. The maximum Gasteiger partial charge on any atom is 0.219 e. The van der Waals surface area contributed by atoms with Crippen molar-refractivity contribution < 1.29 is 14.6 Å². The van der Waals surface area contributed by atoms with E-state index in [2.05, 4.69) is 10.7 Å². The van der Waals surface area contributed by atoms with Crippen LogP contribution < -0.4 is 0 Å². The first-order valence-corrected chi connectivity index (χ1v) is 11.8. The first-order chi connectivity index (χ1) is 16.6. The van der Waals surface area contributed by atoms with E-state index in [4.69, 9.17) is 14.8 Å². The van der Waals surface area contributed by atoms with Crippen LogP contribution in [0.4, 0.5) is 0 Å². The summed E-state index contributed by atoms with van der Waals surface area (Å²) in [7, 11) is 0. The number of hydrogen-bond donors (Lipinski definition) is 1. The van der Waals surface area contributed by atoms with E-state index in [1.165, 1.54) is 5.69 Å². The van der Waals surface area contributed by atoms with E-state index in [0.29, 0.717) is 19.1 Å². The van der Waals surface area contributed by atoms with Crippen molar-refractivity contribution >= 4 is 11.6 Å². The summed E-state index contributed by atoms with van der Waals surface area (Å²) in [4.78, 5) is 19.0. The fraction of sp³-hybridized carbons (Fsp3) is 0.346. The van der Waals surface area contributed by atoms with Crippen LogP contribution >= 0.6 is 0 Å². The van der Waals surface area contributed by atoms with Crippen molar-refractivity contribution in [2.45, 2.75) is 38.8 Å². The molecule has 3 aromatic heterocycles. The molecule has 0 saturated carbocycles. The number of pyridine rings is 1. The zero-order valence-electron chi connectivity index (χ0n) is 19.1. The van der Waals surface area contributed by atoms with Gasteiger partial charge in [0.1, 0.15) is 17.1 Å². The lowest BCUT2D eigenvalue weighted by Gasteiger charge is -2.29. The molecule has 0 aliphatic carbocycles. The number of amides is 1. The quantitative estimate of drug-likeness (QED) is 0.506. The second-order valence-corrected chi connectivity index (χ2v) is 9.08. The molecule has 6 rings (SSSR count). The van der Waals surface area contributed by atoms with Crippen LogP contribution in [-0.4, -0.2) is 54.8 Å². The van der Waals surface area contributed by atoms with E-state index in [1.807, 2.05) is 39.9 Å². The molecule has 1 aromatic carbocycles. The minimum absolute atomic E-state index is 0.0839.